The molecule has 3 fully saturated rings. The van der Waals surface area contributed by atoms with Crippen molar-refractivity contribution in [2.45, 2.75) is 64.6 Å². The molecule has 5 nitrogen and oxygen atoms in total. The number of rotatable bonds is 1. The molecular formula is C21H28O5. The van der Waals surface area contributed by atoms with Gasteiger partial charge in [-0.1, -0.05) is 19.9 Å². The van der Waals surface area contributed by atoms with E-state index < -0.39 is 28.5 Å². The molecule has 2 N–H and O–H groups in total. The van der Waals surface area contributed by atoms with Crippen LogP contribution in [0.5, 0.6) is 0 Å². The second-order valence-electron chi connectivity index (χ2n) is 9.47. The van der Waals surface area contributed by atoms with Crippen LogP contribution in [-0.4, -0.2) is 39.3 Å². The molecule has 142 valence electrons. The van der Waals surface area contributed by atoms with Crippen molar-refractivity contribution in [2.24, 2.45) is 34.5 Å². The van der Waals surface area contributed by atoms with Crippen molar-refractivity contribution < 1.29 is 24.6 Å². The van der Waals surface area contributed by atoms with Gasteiger partial charge in [0.15, 0.2) is 17.3 Å². The third kappa shape index (κ3) is 1.96. The van der Waals surface area contributed by atoms with Crippen LogP contribution in [0.3, 0.4) is 0 Å². The predicted molar refractivity (Wildman–Crippen MR) is 94.1 cm³/mol. The number of aliphatic hydroxyl groups is 2. The summed E-state index contributed by atoms with van der Waals surface area (Å²) >= 11 is 0. The lowest BCUT2D eigenvalue weighted by atomic mass is 9.44. The molecule has 4 rings (SSSR count). The van der Waals surface area contributed by atoms with Crippen molar-refractivity contribution >= 4 is 17.3 Å². The van der Waals surface area contributed by atoms with E-state index in [4.69, 9.17) is 0 Å². The second kappa shape index (κ2) is 5.35. The molecule has 0 heterocycles. The molecular weight excluding hydrogens is 332 g/mol. The van der Waals surface area contributed by atoms with E-state index >= 15 is 0 Å². The van der Waals surface area contributed by atoms with E-state index in [9.17, 15) is 24.6 Å². The van der Waals surface area contributed by atoms with E-state index in [1.54, 1.807) is 6.08 Å². The number of carbonyl (C=O) groups excluding carboxylic acids is 3. The highest BCUT2D eigenvalue weighted by Gasteiger charge is 2.68. The maximum atomic E-state index is 13.0. The summed E-state index contributed by atoms with van der Waals surface area (Å²) in [6.07, 6.45) is 5.00. The fourth-order valence-electron chi connectivity index (χ4n) is 7.02. The summed E-state index contributed by atoms with van der Waals surface area (Å²) in [6.45, 7) is 5.43. The van der Waals surface area contributed by atoms with Gasteiger partial charge in [-0.3, -0.25) is 14.4 Å². The third-order valence-corrected chi connectivity index (χ3v) is 8.65. The van der Waals surface area contributed by atoms with Gasteiger partial charge in [-0.25, -0.2) is 0 Å². The van der Waals surface area contributed by atoms with Crippen LogP contribution in [0.15, 0.2) is 12.2 Å². The van der Waals surface area contributed by atoms with Crippen LogP contribution in [0, 0.1) is 34.5 Å². The van der Waals surface area contributed by atoms with Gasteiger partial charge in [0, 0.05) is 17.8 Å². The van der Waals surface area contributed by atoms with Gasteiger partial charge >= 0.3 is 0 Å². The van der Waals surface area contributed by atoms with E-state index in [1.165, 1.54) is 6.92 Å². The summed E-state index contributed by atoms with van der Waals surface area (Å²) in [5, 5.41) is 22.1. The SMILES string of the molecule is CC(=O)[C@@]1(O)CC[C@H]2[C@@H]3[C@H](O)C(=O)C4CC(=O)C=C[C@]4(C)[C@H]3CC[C@@]21C. The molecule has 8 atom stereocenters. The monoisotopic (exact) mass is 360 g/mol. The third-order valence-electron chi connectivity index (χ3n) is 8.65. The zero-order valence-electron chi connectivity index (χ0n) is 15.7. The first-order valence-corrected chi connectivity index (χ1v) is 9.73. The Morgan fingerprint density at radius 2 is 1.81 bits per heavy atom. The zero-order chi connectivity index (χ0) is 19.1. The lowest BCUT2D eigenvalue weighted by Gasteiger charge is -2.60. The van der Waals surface area contributed by atoms with Crippen LogP contribution in [0.1, 0.15) is 52.9 Å². The molecule has 0 spiro atoms. The Balaban J connectivity index is 1.79. The van der Waals surface area contributed by atoms with E-state index in [-0.39, 0.29) is 41.5 Å². The van der Waals surface area contributed by atoms with E-state index in [0.717, 1.165) is 6.42 Å². The Bertz CT molecular complexity index is 726. The molecule has 0 bridgehead atoms. The van der Waals surface area contributed by atoms with Crippen LogP contribution in [0.2, 0.25) is 0 Å². The molecule has 5 heteroatoms. The number of allylic oxidation sites excluding steroid dienone is 2. The number of ketones is 3. The Morgan fingerprint density at radius 3 is 2.46 bits per heavy atom. The van der Waals surface area contributed by atoms with Gasteiger partial charge < -0.3 is 10.2 Å². The Kier molecular flexibility index (Phi) is 3.72. The number of hydrogen-bond acceptors (Lipinski definition) is 5. The fourth-order valence-corrected chi connectivity index (χ4v) is 7.02. The van der Waals surface area contributed by atoms with Crippen molar-refractivity contribution in [1.82, 2.24) is 0 Å². The minimum Gasteiger partial charge on any atom is -0.385 e. The Morgan fingerprint density at radius 1 is 1.15 bits per heavy atom. The first-order chi connectivity index (χ1) is 12.1. The molecule has 0 aromatic carbocycles. The molecule has 3 saturated carbocycles. The summed E-state index contributed by atoms with van der Waals surface area (Å²) in [7, 11) is 0. The first-order valence-electron chi connectivity index (χ1n) is 9.73. The highest BCUT2D eigenvalue weighted by molar-refractivity contribution is 5.98. The molecule has 0 aromatic heterocycles. The van der Waals surface area contributed by atoms with Crippen LogP contribution in [-0.2, 0) is 14.4 Å². The van der Waals surface area contributed by atoms with Crippen LogP contribution in [0.4, 0.5) is 0 Å². The van der Waals surface area contributed by atoms with Gasteiger partial charge in [0.2, 0.25) is 0 Å². The van der Waals surface area contributed by atoms with Gasteiger partial charge in [-0.05, 0) is 61.9 Å². The molecule has 1 unspecified atom stereocenters. The van der Waals surface area contributed by atoms with Crippen molar-refractivity contribution in [3.63, 3.8) is 0 Å². The van der Waals surface area contributed by atoms with Gasteiger partial charge in [0.25, 0.3) is 0 Å². The number of aliphatic hydroxyl groups excluding tert-OH is 1. The fraction of sp³-hybridized carbons (Fsp3) is 0.762. The summed E-state index contributed by atoms with van der Waals surface area (Å²) in [5.74, 6) is -1.24. The number of fused-ring (bicyclic) bond motifs is 5. The summed E-state index contributed by atoms with van der Waals surface area (Å²) in [5.41, 5.74) is -2.42. The zero-order valence-corrected chi connectivity index (χ0v) is 15.7. The molecule has 0 amide bonds. The van der Waals surface area contributed by atoms with Gasteiger partial charge in [-0.2, -0.15) is 0 Å². The van der Waals surface area contributed by atoms with Crippen molar-refractivity contribution in [2.75, 3.05) is 0 Å². The maximum Gasteiger partial charge on any atom is 0.165 e. The second-order valence-corrected chi connectivity index (χ2v) is 9.47. The lowest BCUT2D eigenvalue weighted by Crippen LogP contribution is -2.63. The molecule has 26 heavy (non-hydrogen) atoms. The van der Waals surface area contributed by atoms with Gasteiger partial charge in [-0.15, -0.1) is 0 Å². The number of Topliss-reactive ketones (excluding diaryl/α,β-unsaturated/α-hetero) is 2. The van der Waals surface area contributed by atoms with E-state index in [1.807, 2.05) is 19.9 Å². The molecule has 0 aliphatic heterocycles. The van der Waals surface area contributed by atoms with Crippen molar-refractivity contribution in [1.29, 1.82) is 0 Å². The minimum absolute atomic E-state index is 0.0565. The standard InChI is InChI=1S/C21H28O5/c1-11(22)21(26)9-6-14-16-13(5-8-20(14,21)3)19(2)7-4-12(23)10-15(19)17(24)18(16)25/h4,7,13-16,18,25-26H,5-6,8-10H2,1-3H3/t13-,14-,15?,16+,18-,19+,20-,21-/m0/s1. The highest BCUT2D eigenvalue weighted by Crippen LogP contribution is 2.66. The summed E-state index contributed by atoms with van der Waals surface area (Å²) < 4.78 is 0. The Labute approximate surface area is 153 Å². The lowest BCUT2D eigenvalue weighted by molar-refractivity contribution is -0.183. The molecule has 0 aromatic rings. The summed E-state index contributed by atoms with van der Waals surface area (Å²) in [4.78, 5) is 37.1. The molecule has 4 aliphatic carbocycles. The van der Waals surface area contributed by atoms with Crippen molar-refractivity contribution in [3.05, 3.63) is 12.2 Å². The minimum atomic E-state index is -1.37. The molecule has 0 radical (unpaired) electrons. The molecule has 0 saturated heterocycles. The predicted octanol–water partition coefficient (Wildman–Crippen LogP) is 1.84. The number of hydrogen-bond donors (Lipinski definition) is 2. The summed E-state index contributed by atoms with van der Waals surface area (Å²) in [6, 6.07) is 0. The Hall–Kier alpha value is -1.33. The maximum absolute atomic E-state index is 13.0. The highest BCUT2D eigenvalue weighted by atomic mass is 16.3. The van der Waals surface area contributed by atoms with Crippen LogP contribution < -0.4 is 0 Å². The van der Waals surface area contributed by atoms with E-state index in [0.29, 0.717) is 19.3 Å². The van der Waals surface area contributed by atoms with Crippen molar-refractivity contribution in [3.8, 4) is 0 Å². The average Bonchev–Trinajstić information content (AvgIpc) is 2.87. The van der Waals surface area contributed by atoms with Crippen LogP contribution in [0.25, 0.3) is 0 Å². The van der Waals surface area contributed by atoms with E-state index in [2.05, 4.69) is 0 Å². The van der Waals surface area contributed by atoms with Gasteiger partial charge in [0.05, 0.1) is 0 Å². The topological polar surface area (TPSA) is 91.7 Å². The van der Waals surface area contributed by atoms with Crippen LogP contribution >= 0.6 is 0 Å². The smallest absolute Gasteiger partial charge is 0.165 e. The normalized spacial score (nSPS) is 53.0. The quantitative estimate of drug-likeness (QED) is 0.744. The molecule has 4 aliphatic rings. The largest absolute Gasteiger partial charge is 0.385 e. The average molecular weight is 360 g/mol. The van der Waals surface area contributed by atoms with Gasteiger partial charge in [0.1, 0.15) is 11.7 Å². The first kappa shape index (κ1) is 18.1. The number of carbonyl (C=O) groups is 3.